The molecule has 0 fully saturated rings. The molecule has 0 spiro atoms. The Morgan fingerprint density at radius 1 is 1.27 bits per heavy atom. The first-order chi connectivity index (χ1) is 5.36. The highest BCUT2D eigenvalue weighted by molar-refractivity contribution is 6.05. The Labute approximate surface area is 59.4 Å². The van der Waals surface area contributed by atoms with Crippen LogP contribution in [0.1, 0.15) is 5.82 Å². The van der Waals surface area contributed by atoms with Crippen LogP contribution in [0.4, 0.5) is 4.79 Å². The van der Waals surface area contributed by atoms with E-state index in [0.717, 1.165) is 0 Å². The van der Waals surface area contributed by atoms with Crippen molar-refractivity contribution in [1.82, 2.24) is 20.6 Å². The topological polar surface area (TPSA) is 109 Å². The Morgan fingerprint density at radius 3 is 2.73 bits per heavy atom. The number of rotatable bonds is 1. The highest BCUT2D eigenvalue weighted by Gasteiger charge is 2.14. The molecule has 1 aliphatic rings. The minimum atomic E-state index is -0.642. The molecule has 8 heteroatoms. The van der Waals surface area contributed by atoms with Crippen molar-refractivity contribution in [1.29, 1.82) is 0 Å². The van der Waals surface area contributed by atoms with Crippen molar-refractivity contribution in [3.63, 3.8) is 0 Å². The van der Waals surface area contributed by atoms with Gasteiger partial charge in [0, 0.05) is 0 Å². The molecule has 0 saturated heterocycles. The molecule has 8 nitrogen and oxygen atoms in total. The van der Waals surface area contributed by atoms with E-state index in [2.05, 4.69) is 35.8 Å². The fraction of sp³-hybridized carbons (Fsp3) is 0. The summed E-state index contributed by atoms with van der Waals surface area (Å²) < 4.78 is 0. The van der Waals surface area contributed by atoms with Gasteiger partial charge >= 0.3 is 6.03 Å². The molecule has 1 aliphatic heterocycles. The maximum Gasteiger partial charge on any atom is 0.387 e. The van der Waals surface area contributed by atoms with E-state index in [1.165, 1.54) is 0 Å². The third kappa shape index (κ3) is 0.892. The Balaban J connectivity index is 2.40. The molecule has 1 N–H and O–H groups in total. The van der Waals surface area contributed by atoms with E-state index in [1.807, 2.05) is 0 Å². The van der Waals surface area contributed by atoms with E-state index >= 15 is 0 Å². The molecule has 0 saturated carbocycles. The summed E-state index contributed by atoms with van der Waals surface area (Å²) in [7, 11) is 0. The molecular formula is C3HN7O. The summed E-state index contributed by atoms with van der Waals surface area (Å²) in [6.07, 6.45) is 0. The Kier molecular flexibility index (Phi) is 1.05. The molecule has 11 heavy (non-hydrogen) atoms. The number of nitrogens with zero attached hydrogens (tertiary/aromatic N) is 6. The van der Waals surface area contributed by atoms with E-state index in [1.54, 1.807) is 0 Å². The predicted molar refractivity (Wildman–Crippen MR) is 31.0 cm³/mol. The van der Waals surface area contributed by atoms with Crippen LogP contribution in [0.3, 0.4) is 0 Å². The zero-order chi connectivity index (χ0) is 7.68. The lowest BCUT2D eigenvalue weighted by Gasteiger charge is -1.80. The van der Waals surface area contributed by atoms with Crippen LogP contribution in [0.15, 0.2) is 15.2 Å². The molecule has 0 unspecified atom stereocenters. The normalized spacial score (nSPS) is 15.6. The van der Waals surface area contributed by atoms with Crippen LogP contribution >= 0.6 is 0 Å². The molecule has 1 aromatic rings. The number of hydrogen-bond donors (Lipinski definition) is 1. The van der Waals surface area contributed by atoms with Crippen LogP contribution in [-0.4, -0.2) is 32.5 Å². The van der Waals surface area contributed by atoms with E-state index in [-0.39, 0.29) is 11.7 Å². The second-order valence-corrected chi connectivity index (χ2v) is 1.67. The number of tetrazole rings is 1. The average molecular weight is 151 g/mol. The van der Waals surface area contributed by atoms with Gasteiger partial charge in [0.25, 0.3) is 0 Å². The second kappa shape index (κ2) is 2.01. The molecular weight excluding hydrogens is 150 g/mol. The monoisotopic (exact) mass is 151 g/mol. The number of aliphatic imine (C=N–C) groups is 1. The highest BCUT2D eigenvalue weighted by atomic mass is 16.2. The van der Waals surface area contributed by atoms with Crippen molar-refractivity contribution >= 4 is 11.9 Å². The molecule has 0 aliphatic carbocycles. The molecule has 2 heterocycles. The second-order valence-electron chi connectivity index (χ2n) is 1.67. The maximum atomic E-state index is 10.4. The zero-order valence-electron chi connectivity index (χ0n) is 5.09. The van der Waals surface area contributed by atoms with Crippen molar-refractivity contribution < 1.29 is 4.79 Å². The van der Waals surface area contributed by atoms with Crippen LogP contribution in [0.5, 0.6) is 0 Å². The Morgan fingerprint density at radius 2 is 2.18 bits per heavy atom. The SMILES string of the molecule is O=C1N=NC(c2nnn[nH]2)=N1. The van der Waals surface area contributed by atoms with Gasteiger partial charge in [-0.2, -0.15) is 4.99 Å². The van der Waals surface area contributed by atoms with E-state index in [9.17, 15) is 4.79 Å². The van der Waals surface area contributed by atoms with Crippen LogP contribution in [0, 0.1) is 0 Å². The minimum Gasteiger partial charge on any atom is -0.242 e. The Bertz CT molecular complexity index is 335. The zero-order valence-corrected chi connectivity index (χ0v) is 5.09. The molecule has 0 atom stereocenters. The molecule has 1 aromatic heterocycles. The summed E-state index contributed by atoms with van der Waals surface area (Å²) in [6.45, 7) is 0. The summed E-state index contributed by atoms with van der Waals surface area (Å²) in [4.78, 5) is 13.8. The number of azo groups is 1. The van der Waals surface area contributed by atoms with Crippen molar-refractivity contribution in [2.45, 2.75) is 0 Å². The van der Waals surface area contributed by atoms with Gasteiger partial charge in [0.15, 0.2) is 0 Å². The number of amidine groups is 1. The lowest BCUT2D eigenvalue weighted by Crippen LogP contribution is -1.97. The van der Waals surface area contributed by atoms with Gasteiger partial charge < -0.3 is 0 Å². The summed E-state index contributed by atoms with van der Waals surface area (Å²) in [5, 5.41) is 19.0. The van der Waals surface area contributed by atoms with Crippen molar-refractivity contribution in [2.24, 2.45) is 15.2 Å². The largest absolute Gasteiger partial charge is 0.387 e. The molecule has 2 rings (SSSR count). The number of nitrogens with one attached hydrogen (secondary N) is 1. The minimum absolute atomic E-state index is 0.111. The molecule has 2 amide bonds. The first-order valence-electron chi connectivity index (χ1n) is 2.65. The average Bonchev–Trinajstić information content (AvgIpc) is 2.55. The smallest absolute Gasteiger partial charge is 0.242 e. The summed E-state index contributed by atoms with van der Waals surface area (Å²) in [5.74, 6) is 0.347. The lowest BCUT2D eigenvalue weighted by atomic mass is 10.6. The summed E-state index contributed by atoms with van der Waals surface area (Å²) in [6, 6.07) is -0.642. The molecule has 0 aromatic carbocycles. The summed E-state index contributed by atoms with van der Waals surface area (Å²) in [5.41, 5.74) is 0. The molecule has 0 radical (unpaired) electrons. The number of carbonyl (C=O) groups excluding carboxylic acids is 1. The maximum absolute atomic E-state index is 10.4. The number of aromatic amines is 1. The standard InChI is InChI=1S/C3HN7O/c11-3-4-1(5-8-3)2-6-9-10-7-2/h(H,6,7,9,10). The van der Waals surface area contributed by atoms with Crippen LogP contribution in [-0.2, 0) is 0 Å². The van der Waals surface area contributed by atoms with Crippen LogP contribution < -0.4 is 0 Å². The fourth-order valence-electron chi connectivity index (χ4n) is 0.580. The van der Waals surface area contributed by atoms with E-state index in [4.69, 9.17) is 0 Å². The molecule has 0 bridgehead atoms. The van der Waals surface area contributed by atoms with Crippen LogP contribution in [0.25, 0.3) is 0 Å². The van der Waals surface area contributed by atoms with Gasteiger partial charge in [0.1, 0.15) is 0 Å². The van der Waals surface area contributed by atoms with E-state index in [0.29, 0.717) is 0 Å². The number of amides is 2. The number of carbonyl (C=O) groups is 1. The number of hydrogen-bond acceptors (Lipinski definition) is 5. The summed E-state index contributed by atoms with van der Waals surface area (Å²) >= 11 is 0. The quantitative estimate of drug-likeness (QED) is 0.585. The first-order valence-corrected chi connectivity index (χ1v) is 2.65. The third-order valence-corrected chi connectivity index (χ3v) is 0.989. The van der Waals surface area contributed by atoms with Gasteiger partial charge in [-0.1, -0.05) is 5.11 Å². The fourth-order valence-corrected chi connectivity index (χ4v) is 0.580. The van der Waals surface area contributed by atoms with Gasteiger partial charge in [-0.3, -0.25) is 0 Å². The number of urea groups is 1. The number of H-pyrrole nitrogens is 1. The van der Waals surface area contributed by atoms with Gasteiger partial charge in [-0.05, 0) is 10.4 Å². The van der Waals surface area contributed by atoms with E-state index < -0.39 is 6.03 Å². The van der Waals surface area contributed by atoms with Gasteiger partial charge in [0.05, 0.1) is 0 Å². The van der Waals surface area contributed by atoms with Crippen LogP contribution in [0.2, 0.25) is 0 Å². The van der Waals surface area contributed by atoms with Gasteiger partial charge in [-0.15, -0.1) is 10.2 Å². The predicted octanol–water partition coefficient (Wildman–Crippen LogP) is -0.468. The van der Waals surface area contributed by atoms with Gasteiger partial charge in [-0.25, -0.2) is 9.89 Å². The lowest BCUT2D eigenvalue weighted by molar-refractivity contribution is 0.257. The number of aromatic nitrogens is 4. The third-order valence-electron chi connectivity index (χ3n) is 0.989. The van der Waals surface area contributed by atoms with Crippen molar-refractivity contribution in [3.8, 4) is 0 Å². The van der Waals surface area contributed by atoms with Crippen molar-refractivity contribution in [3.05, 3.63) is 5.82 Å². The highest BCUT2D eigenvalue weighted by Crippen LogP contribution is 2.02. The molecule has 54 valence electrons. The van der Waals surface area contributed by atoms with Gasteiger partial charge in [0.2, 0.25) is 11.7 Å². The Hall–Kier alpha value is -1.99. The first kappa shape index (κ1) is 5.77. The van der Waals surface area contributed by atoms with Crippen molar-refractivity contribution in [2.75, 3.05) is 0 Å².